The third kappa shape index (κ3) is 8.67. The van der Waals surface area contributed by atoms with Crippen LogP contribution >= 0.6 is 0 Å². The summed E-state index contributed by atoms with van der Waals surface area (Å²) in [7, 11) is 0. The lowest BCUT2D eigenvalue weighted by atomic mass is 10.3. The van der Waals surface area contributed by atoms with Crippen molar-refractivity contribution in [1.82, 2.24) is 0 Å². The number of nitrogens with two attached hydrogens (primary N) is 1. The molecule has 0 heterocycles. The Morgan fingerprint density at radius 2 is 1.64 bits per heavy atom. The maximum Gasteiger partial charge on any atom is 0.269 e. The molecule has 0 radical (unpaired) electrons. The van der Waals surface area contributed by atoms with Crippen LogP contribution in [0.15, 0.2) is 30.3 Å². The molecule has 80 valence electrons. The van der Waals surface area contributed by atoms with E-state index in [1.54, 1.807) is 18.2 Å². The van der Waals surface area contributed by atoms with Gasteiger partial charge in [-0.3, -0.25) is 10.1 Å². The molecule has 0 saturated carbocycles. The Bertz CT molecular complexity index is 225. The summed E-state index contributed by atoms with van der Waals surface area (Å²) in [6.07, 6.45) is 0. The van der Waals surface area contributed by atoms with E-state index in [1.165, 1.54) is 12.1 Å². The number of non-ortho nitro benzene ring substituents is 1. The van der Waals surface area contributed by atoms with Crippen molar-refractivity contribution in [2.75, 3.05) is 6.54 Å². The van der Waals surface area contributed by atoms with Gasteiger partial charge in [0.25, 0.3) is 5.69 Å². The number of nitro groups is 1. The first-order valence-corrected chi connectivity index (χ1v) is 4.61. The lowest BCUT2D eigenvalue weighted by Gasteiger charge is -1.85. The van der Waals surface area contributed by atoms with Crippen molar-refractivity contribution in [1.29, 1.82) is 0 Å². The molecule has 4 heteroatoms. The van der Waals surface area contributed by atoms with Gasteiger partial charge in [-0.2, -0.15) is 0 Å². The molecule has 4 nitrogen and oxygen atoms in total. The minimum absolute atomic E-state index is 0.137. The molecule has 0 aliphatic rings. The molecule has 14 heavy (non-hydrogen) atoms. The van der Waals surface area contributed by atoms with Crippen molar-refractivity contribution in [3.63, 3.8) is 0 Å². The van der Waals surface area contributed by atoms with E-state index in [2.05, 4.69) is 0 Å². The van der Waals surface area contributed by atoms with E-state index in [1.807, 2.05) is 20.8 Å². The van der Waals surface area contributed by atoms with Crippen LogP contribution in [0.4, 0.5) is 5.69 Å². The number of hydrogen-bond donors (Lipinski definition) is 1. The topological polar surface area (TPSA) is 69.2 Å². The maximum atomic E-state index is 10.0. The van der Waals surface area contributed by atoms with Gasteiger partial charge in [0.1, 0.15) is 0 Å². The van der Waals surface area contributed by atoms with Crippen LogP contribution in [0, 0.1) is 10.1 Å². The molecule has 0 atom stereocenters. The van der Waals surface area contributed by atoms with Crippen LogP contribution in [-0.2, 0) is 0 Å². The van der Waals surface area contributed by atoms with Crippen molar-refractivity contribution in [3.8, 4) is 0 Å². The minimum Gasteiger partial charge on any atom is -0.331 e. The van der Waals surface area contributed by atoms with Crippen molar-refractivity contribution < 1.29 is 4.92 Å². The zero-order valence-corrected chi connectivity index (χ0v) is 8.93. The lowest BCUT2D eigenvalue weighted by Crippen LogP contribution is -1.87. The molecular weight excluding hydrogens is 180 g/mol. The van der Waals surface area contributed by atoms with Crippen LogP contribution in [0.25, 0.3) is 0 Å². The van der Waals surface area contributed by atoms with E-state index in [-0.39, 0.29) is 5.69 Å². The predicted octanol–water partition coefficient (Wildman–Crippen LogP) is 2.59. The van der Waals surface area contributed by atoms with Gasteiger partial charge in [-0.25, -0.2) is 0 Å². The molecule has 0 aliphatic heterocycles. The molecule has 0 amide bonds. The zero-order valence-electron chi connectivity index (χ0n) is 8.93. The summed E-state index contributed by atoms with van der Waals surface area (Å²) >= 11 is 0. The summed E-state index contributed by atoms with van der Waals surface area (Å²) in [5, 5.41) is 10.0. The zero-order chi connectivity index (χ0) is 11.4. The minimum atomic E-state index is -0.417. The molecule has 0 fully saturated rings. The van der Waals surface area contributed by atoms with Crippen molar-refractivity contribution in [2.24, 2.45) is 5.73 Å². The van der Waals surface area contributed by atoms with E-state index in [0.29, 0.717) is 0 Å². The first-order chi connectivity index (χ1) is 6.72. The summed E-state index contributed by atoms with van der Waals surface area (Å²) in [5.41, 5.74) is 4.98. The molecule has 0 bridgehead atoms. The van der Waals surface area contributed by atoms with Crippen LogP contribution < -0.4 is 5.73 Å². The van der Waals surface area contributed by atoms with E-state index in [4.69, 9.17) is 5.73 Å². The highest BCUT2D eigenvalue weighted by Gasteiger charge is 1.98. The molecule has 1 aromatic rings. The van der Waals surface area contributed by atoms with Crippen molar-refractivity contribution in [3.05, 3.63) is 40.4 Å². The van der Waals surface area contributed by atoms with E-state index in [0.717, 1.165) is 6.54 Å². The third-order valence-electron chi connectivity index (χ3n) is 0.967. The number of para-hydroxylation sites is 1. The smallest absolute Gasteiger partial charge is 0.269 e. The Balaban J connectivity index is 0. The van der Waals surface area contributed by atoms with Gasteiger partial charge in [-0.15, -0.1) is 0 Å². The van der Waals surface area contributed by atoms with Gasteiger partial charge in [0.05, 0.1) is 4.92 Å². The van der Waals surface area contributed by atoms with Crippen LogP contribution in [-0.4, -0.2) is 11.5 Å². The van der Waals surface area contributed by atoms with Crippen LogP contribution in [0.5, 0.6) is 0 Å². The maximum absolute atomic E-state index is 10.0. The average Bonchev–Trinajstić information content (AvgIpc) is 2.23. The molecule has 0 saturated heterocycles. The number of hydrogen-bond acceptors (Lipinski definition) is 3. The standard InChI is InChI=1S/C6H5NO2.C2H7N.C2H6/c8-7(9)6-4-2-1-3-5-6;1-2-3;1-2/h1-5H;2-3H2,1H3;1-2H3. The predicted molar refractivity (Wildman–Crippen MR) is 59.2 cm³/mol. The Morgan fingerprint density at radius 1 is 1.29 bits per heavy atom. The highest BCUT2D eigenvalue weighted by atomic mass is 16.6. The van der Waals surface area contributed by atoms with Crippen molar-refractivity contribution in [2.45, 2.75) is 20.8 Å². The third-order valence-corrected chi connectivity index (χ3v) is 0.967. The Hall–Kier alpha value is -1.42. The van der Waals surface area contributed by atoms with Gasteiger partial charge in [0.2, 0.25) is 0 Å². The Kier molecular flexibility index (Phi) is 12.5. The molecular formula is C10H18N2O2. The number of benzene rings is 1. The van der Waals surface area contributed by atoms with E-state index in [9.17, 15) is 10.1 Å². The van der Waals surface area contributed by atoms with Gasteiger partial charge in [0, 0.05) is 12.1 Å². The van der Waals surface area contributed by atoms with Gasteiger partial charge in [0.15, 0.2) is 0 Å². The summed E-state index contributed by atoms with van der Waals surface area (Å²) in [6, 6.07) is 7.93. The Labute approximate surface area is 84.9 Å². The second-order valence-electron chi connectivity index (χ2n) is 2.00. The fraction of sp³-hybridized carbons (Fsp3) is 0.400. The molecule has 2 N–H and O–H groups in total. The normalized spacial score (nSPS) is 7.43. The average molecular weight is 198 g/mol. The summed E-state index contributed by atoms with van der Waals surface area (Å²) in [5.74, 6) is 0. The van der Waals surface area contributed by atoms with Crippen LogP contribution in [0.2, 0.25) is 0 Å². The summed E-state index contributed by atoms with van der Waals surface area (Å²) in [4.78, 5) is 9.59. The highest BCUT2D eigenvalue weighted by Crippen LogP contribution is 2.06. The first-order valence-electron chi connectivity index (χ1n) is 4.61. The SMILES string of the molecule is CC.CCN.O=[N+]([O-])c1ccccc1. The largest absolute Gasteiger partial charge is 0.331 e. The molecule has 0 aliphatic carbocycles. The quantitative estimate of drug-likeness (QED) is 0.557. The van der Waals surface area contributed by atoms with Gasteiger partial charge in [-0.1, -0.05) is 39.0 Å². The molecule has 0 aromatic heterocycles. The molecule has 0 spiro atoms. The number of rotatable bonds is 1. The molecule has 1 rings (SSSR count). The van der Waals surface area contributed by atoms with Crippen molar-refractivity contribution >= 4 is 5.69 Å². The second kappa shape index (κ2) is 11.6. The van der Waals surface area contributed by atoms with Gasteiger partial charge >= 0.3 is 0 Å². The highest BCUT2D eigenvalue weighted by molar-refractivity contribution is 5.27. The second-order valence-corrected chi connectivity index (χ2v) is 2.00. The lowest BCUT2D eigenvalue weighted by molar-refractivity contribution is -0.384. The van der Waals surface area contributed by atoms with E-state index < -0.39 is 4.92 Å². The van der Waals surface area contributed by atoms with Crippen LogP contribution in [0.3, 0.4) is 0 Å². The molecule has 1 aromatic carbocycles. The van der Waals surface area contributed by atoms with Gasteiger partial charge in [-0.05, 0) is 6.54 Å². The number of nitrogens with zero attached hydrogens (tertiary/aromatic N) is 1. The summed E-state index contributed by atoms with van der Waals surface area (Å²) in [6.45, 7) is 6.65. The number of nitro benzene ring substituents is 1. The molecule has 0 unspecified atom stereocenters. The first kappa shape index (κ1) is 15.1. The Morgan fingerprint density at radius 3 is 1.86 bits per heavy atom. The monoisotopic (exact) mass is 198 g/mol. The fourth-order valence-corrected chi connectivity index (χ4v) is 0.550. The van der Waals surface area contributed by atoms with E-state index >= 15 is 0 Å². The van der Waals surface area contributed by atoms with Crippen LogP contribution in [0.1, 0.15) is 20.8 Å². The summed E-state index contributed by atoms with van der Waals surface area (Å²) < 4.78 is 0. The van der Waals surface area contributed by atoms with Gasteiger partial charge < -0.3 is 5.73 Å². The fourth-order valence-electron chi connectivity index (χ4n) is 0.550.